The highest BCUT2D eigenvalue weighted by atomic mass is 32.2. The van der Waals surface area contributed by atoms with Crippen LogP contribution in [0.15, 0.2) is 95.4 Å². The Balaban J connectivity index is 3.47. The van der Waals surface area contributed by atoms with Gasteiger partial charge >= 0.3 is 0 Å². The van der Waals surface area contributed by atoms with Gasteiger partial charge in [-0.1, -0.05) is 55.5 Å². The minimum atomic E-state index is 0.0782. The maximum atomic E-state index is 5.83. The summed E-state index contributed by atoms with van der Waals surface area (Å²) in [7, 11) is 0. The highest BCUT2D eigenvalue weighted by Crippen LogP contribution is 2.33. The van der Waals surface area contributed by atoms with Crippen LogP contribution in [-0.4, -0.2) is 23.9 Å². The second kappa shape index (κ2) is 14.9. The van der Waals surface area contributed by atoms with Crippen molar-refractivity contribution in [2.24, 2.45) is 0 Å². The molecule has 0 aromatic carbocycles. The summed E-state index contributed by atoms with van der Waals surface area (Å²) in [6.45, 7) is 13.0. The summed E-state index contributed by atoms with van der Waals surface area (Å²) in [6, 6.07) is 0. The van der Waals surface area contributed by atoms with Gasteiger partial charge in [0.25, 0.3) is 0 Å². The van der Waals surface area contributed by atoms with E-state index in [9.17, 15) is 0 Å². The Morgan fingerprint density at radius 1 is 1.28 bits per heavy atom. The third-order valence-corrected chi connectivity index (χ3v) is 5.21. The van der Waals surface area contributed by atoms with Gasteiger partial charge < -0.3 is 9.64 Å². The number of hydrogen-bond acceptors (Lipinski definition) is 3. The molecule has 0 saturated heterocycles. The molecule has 158 valence electrons. The Labute approximate surface area is 182 Å². The van der Waals surface area contributed by atoms with Crippen molar-refractivity contribution < 1.29 is 4.74 Å². The number of allylic oxidation sites excluding steroid dienone is 11. The highest BCUT2D eigenvalue weighted by Gasteiger charge is 2.18. The Morgan fingerprint density at radius 3 is 2.69 bits per heavy atom. The van der Waals surface area contributed by atoms with Gasteiger partial charge in [0.2, 0.25) is 0 Å². The van der Waals surface area contributed by atoms with E-state index in [0.717, 1.165) is 37.3 Å². The SMILES string of the molecule is C=CC/C=C(\C=C/C)N(C1=C(SC)CC=CC=C1)C(/C=C\C(C)OCCC)=C/C. The molecule has 0 saturated carbocycles. The van der Waals surface area contributed by atoms with Gasteiger partial charge in [0.05, 0.1) is 11.8 Å². The molecule has 1 aliphatic rings. The fourth-order valence-electron chi connectivity index (χ4n) is 2.91. The van der Waals surface area contributed by atoms with Crippen molar-refractivity contribution in [2.45, 2.75) is 53.1 Å². The molecular weight excluding hydrogens is 374 g/mol. The van der Waals surface area contributed by atoms with Crippen molar-refractivity contribution in [1.82, 2.24) is 4.90 Å². The van der Waals surface area contributed by atoms with E-state index in [1.807, 2.05) is 6.08 Å². The van der Waals surface area contributed by atoms with Crippen molar-refractivity contribution in [3.05, 3.63) is 95.4 Å². The standard InChI is InChI=1S/C26H37NOS/c1-7-11-16-24(15-8-2)27(25-17-13-12-14-18-26(25)29-6)23(10-4)20-19-22(5)28-21-9-3/h7-8,10,12-17,19-20,22H,1,9,11,18,21H2,2-6H3/b15-8-,20-19-,23-10+,24-16+. The van der Waals surface area contributed by atoms with Crippen molar-refractivity contribution in [2.75, 3.05) is 12.9 Å². The molecule has 0 aromatic heterocycles. The van der Waals surface area contributed by atoms with E-state index in [2.05, 4.69) is 106 Å². The molecule has 0 heterocycles. The molecule has 1 unspecified atom stereocenters. The van der Waals surface area contributed by atoms with Crippen LogP contribution in [0.5, 0.6) is 0 Å². The van der Waals surface area contributed by atoms with Gasteiger partial charge in [-0.05, 0) is 64.5 Å². The summed E-state index contributed by atoms with van der Waals surface area (Å²) >= 11 is 1.81. The van der Waals surface area contributed by atoms with Crippen LogP contribution < -0.4 is 0 Å². The highest BCUT2D eigenvalue weighted by molar-refractivity contribution is 8.02. The Bertz CT molecular complexity index is 719. The number of hydrogen-bond donors (Lipinski definition) is 0. The Morgan fingerprint density at radius 2 is 2.07 bits per heavy atom. The first-order valence-corrected chi connectivity index (χ1v) is 11.7. The van der Waals surface area contributed by atoms with Gasteiger partial charge in [0, 0.05) is 22.9 Å². The first-order chi connectivity index (χ1) is 14.1. The molecule has 0 aliphatic heterocycles. The smallest absolute Gasteiger partial charge is 0.0731 e. The zero-order valence-electron chi connectivity index (χ0n) is 18.7. The maximum absolute atomic E-state index is 5.83. The molecule has 3 heteroatoms. The van der Waals surface area contributed by atoms with Gasteiger partial charge in [0.15, 0.2) is 0 Å². The lowest BCUT2D eigenvalue weighted by atomic mass is 10.1. The van der Waals surface area contributed by atoms with E-state index >= 15 is 0 Å². The normalized spacial score (nSPS) is 16.7. The zero-order chi connectivity index (χ0) is 21.5. The molecule has 0 bridgehead atoms. The van der Waals surface area contributed by atoms with Crippen LogP contribution in [0.4, 0.5) is 0 Å². The monoisotopic (exact) mass is 411 g/mol. The summed E-state index contributed by atoms with van der Waals surface area (Å²) < 4.78 is 5.83. The first-order valence-electron chi connectivity index (χ1n) is 10.4. The predicted octanol–water partition coefficient (Wildman–Crippen LogP) is 7.69. The van der Waals surface area contributed by atoms with Gasteiger partial charge in [-0.3, -0.25) is 0 Å². The lowest BCUT2D eigenvalue weighted by Gasteiger charge is -2.30. The first kappa shape index (κ1) is 25.1. The Hall–Kier alpha value is -1.97. The van der Waals surface area contributed by atoms with E-state index < -0.39 is 0 Å². The summed E-state index contributed by atoms with van der Waals surface area (Å²) in [5.74, 6) is 0. The van der Waals surface area contributed by atoms with Gasteiger partial charge in [0.1, 0.15) is 0 Å². The van der Waals surface area contributed by atoms with Gasteiger partial charge in [-0.15, -0.1) is 18.3 Å². The fraction of sp³-hybridized carbons (Fsp3) is 0.385. The van der Waals surface area contributed by atoms with Crippen LogP contribution in [0.2, 0.25) is 0 Å². The molecule has 0 fully saturated rings. The summed E-state index contributed by atoms with van der Waals surface area (Å²) in [4.78, 5) is 3.68. The molecule has 1 aliphatic carbocycles. The van der Waals surface area contributed by atoms with Crippen LogP contribution in [-0.2, 0) is 4.74 Å². The predicted molar refractivity (Wildman–Crippen MR) is 132 cm³/mol. The topological polar surface area (TPSA) is 12.5 Å². The van der Waals surface area contributed by atoms with Crippen LogP contribution in [0, 0.1) is 0 Å². The molecule has 0 spiro atoms. The Kier molecular flexibility index (Phi) is 12.9. The average Bonchev–Trinajstić information content (AvgIpc) is 2.98. The molecule has 0 amide bonds. The van der Waals surface area contributed by atoms with E-state index in [-0.39, 0.29) is 6.10 Å². The van der Waals surface area contributed by atoms with Gasteiger partial charge in [-0.2, -0.15) is 0 Å². The van der Waals surface area contributed by atoms with Crippen molar-refractivity contribution in [1.29, 1.82) is 0 Å². The van der Waals surface area contributed by atoms with Gasteiger partial charge in [-0.25, -0.2) is 0 Å². The quantitative estimate of drug-likeness (QED) is 0.241. The van der Waals surface area contributed by atoms with Crippen LogP contribution in [0.1, 0.15) is 47.0 Å². The molecule has 0 N–H and O–H groups in total. The maximum Gasteiger partial charge on any atom is 0.0731 e. The molecule has 0 aromatic rings. The van der Waals surface area contributed by atoms with Crippen molar-refractivity contribution >= 4 is 11.8 Å². The minimum Gasteiger partial charge on any atom is -0.374 e. The number of rotatable bonds is 12. The average molecular weight is 412 g/mol. The summed E-state index contributed by atoms with van der Waals surface area (Å²) in [5.41, 5.74) is 3.47. The summed E-state index contributed by atoms with van der Waals surface area (Å²) in [5, 5.41) is 0. The van der Waals surface area contributed by atoms with Crippen LogP contribution >= 0.6 is 11.8 Å². The molecule has 0 radical (unpaired) electrons. The molecule has 29 heavy (non-hydrogen) atoms. The fourth-order valence-corrected chi connectivity index (χ4v) is 3.55. The lowest BCUT2D eigenvalue weighted by Crippen LogP contribution is -2.21. The molecule has 2 nitrogen and oxygen atoms in total. The zero-order valence-corrected chi connectivity index (χ0v) is 19.5. The van der Waals surface area contributed by atoms with E-state index in [1.54, 1.807) is 11.8 Å². The second-order valence-electron chi connectivity index (χ2n) is 6.64. The minimum absolute atomic E-state index is 0.0782. The largest absolute Gasteiger partial charge is 0.374 e. The van der Waals surface area contributed by atoms with Crippen LogP contribution in [0.25, 0.3) is 0 Å². The second-order valence-corrected chi connectivity index (χ2v) is 7.54. The van der Waals surface area contributed by atoms with E-state index in [1.165, 1.54) is 10.6 Å². The van der Waals surface area contributed by atoms with E-state index in [4.69, 9.17) is 4.74 Å². The van der Waals surface area contributed by atoms with Crippen molar-refractivity contribution in [3.8, 4) is 0 Å². The van der Waals surface area contributed by atoms with Crippen LogP contribution in [0.3, 0.4) is 0 Å². The van der Waals surface area contributed by atoms with Crippen molar-refractivity contribution in [3.63, 3.8) is 0 Å². The molecular formula is C26H37NOS. The number of nitrogens with zero attached hydrogens (tertiary/aromatic N) is 1. The summed E-state index contributed by atoms with van der Waals surface area (Å²) in [6.07, 6.45) is 28.5. The third kappa shape index (κ3) is 8.51. The third-order valence-electron chi connectivity index (χ3n) is 4.34. The lowest BCUT2D eigenvalue weighted by molar-refractivity contribution is 0.0979. The molecule has 1 rings (SSSR count). The number of thioether (sulfide) groups is 1. The van der Waals surface area contributed by atoms with E-state index in [0.29, 0.717) is 0 Å². The molecule has 1 atom stereocenters. The number of ether oxygens (including phenoxy) is 1.